The van der Waals surface area contributed by atoms with E-state index in [1.165, 1.54) is 0 Å². The number of pyridine rings is 1. The smallest absolute Gasteiger partial charge is 0.218 e. The maximum absolute atomic E-state index is 5.23. The van der Waals surface area contributed by atoms with Crippen LogP contribution in [0.25, 0.3) is 0 Å². The molecule has 0 amide bonds. The molecule has 0 aromatic carbocycles. The number of rotatable bonds is 5. The maximum Gasteiger partial charge on any atom is 0.218 e. The van der Waals surface area contributed by atoms with Crippen LogP contribution in [-0.4, -0.2) is 42.2 Å². The largest absolute Gasteiger partial charge is 0.481 e. The summed E-state index contributed by atoms with van der Waals surface area (Å²) in [6.07, 6.45) is 3.26. The summed E-state index contributed by atoms with van der Waals surface area (Å²) in [7, 11) is 5.28. The fraction of sp³-hybridized carbons (Fsp3) is 0.357. The molecule has 0 atom stereocenters. The highest BCUT2D eigenvalue weighted by Gasteiger charge is 2.10. The highest BCUT2D eigenvalue weighted by atomic mass is 16.5. The standard InChI is InChI=1S/C14H19N5O2/c1-15-14(19(2)10-12-6-8-21-18-12)17-9-11-5-4-7-16-13(11)20-3/h4-8H,9-10H2,1-3H3,(H,15,17). The Balaban J connectivity index is 1.96. The zero-order valence-electron chi connectivity index (χ0n) is 12.4. The Kier molecular flexibility index (Phi) is 5.14. The molecule has 112 valence electrons. The molecule has 2 aromatic heterocycles. The van der Waals surface area contributed by atoms with Crippen molar-refractivity contribution in [3.63, 3.8) is 0 Å². The SMILES string of the molecule is CN=C(NCc1cccnc1OC)N(C)Cc1ccon1. The van der Waals surface area contributed by atoms with Crippen LogP contribution >= 0.6 is 0 Å². The third-order valence-electron chi connectivity index (χ3n) is 2.94. The predicted molar refractivity (Wildman–Crippen MR) is 79.0 cm³/mol. The zero-order chi connectivity index (χ0) is 15.1. The number of hydrogen-bond acceptors (Lipinski definition) is 5. The second kappa shape index (κ2) is 7.28. The van der Waals surface area contributed by atoms with Gasteiger partial charge in [0.15, 0.2) is 5.96 Å². The molecule has 7 heteroatoms. The molecule has 0 radical (unpaired) electrons. The Bertz CT molecular complexity index is 583. The van der Waals surface area contributed by atoms with Crippen LogP contribution in [-0.2, 0) is 13.1 Å². The van der Waals surface area contributed by atoms with Crippen LogP contribution in [0.15, 0.2) is 40.2 Å². The maximum atomic E-state index is 5.23. The van der Waals surface area contributed by atoms with Gasteiger partial charge in [-0.15, -0.1) is 0 Å². The van der Waals surface area contributed by atoms with Crippen LogP contribution in [0.4, 0.5) is 0 Å². The normalized spacial score (nSPS) is 11.3. The van der Waals surface area contributed by atoms with Gasteiger partial charge in [-0.25, -0.2) is 4.98 Å². The monoisotopic (exact) mass is 289 g/mol. The van der Waals surface area contributed by atoms with Crippen molar-refractivity contribution < 1.29 is 9.26 Å². The van der Waals surface area contributed by atoms with Gasteiger partial charge in [-0.2, -0.15) is 0 Å². The lowest BCUT2D eigenvalue weighted by Gasteiger charge is -2.21. The van der Waals surface area contributed by atoms with Crippen LogP contribution < -0.4 is 10.1 Å². The van der Waals surface area contributed by atoms with Crippen molar-refractivity contribution in [2.45, 2.75) is 13.1 Å². The minimum Gasteiger partial charge on any atom is -0.481 e. The van der Waals surface area contributed by atoms with Gasteiger partial charge in [0.2, 0.25) is 5.88 Å². The molecular formula is C14H19N5O2. The molecule has 0 unspecified atom stereocenters. The summed E-state index contributed by atoms with van der Waals surface area (Å²) in [5, 5.41) is 7.16. The van der Waals surface area contributed by atoms with Gasteiger partial charge in [0, 0.05) is 38.5 Å². The van der Waals surface area contributed by atoms with Crippen LogP contribution in [0, 0.1) is 0 Å². The van der Waals surface area contributed by atoms with E-state index in [1.807, 2.05) is 30.1 Å². The van der Waals surface area contributed by atoms with Crippen molar-refractivity contribution in [3.05, 3.63) is 41.9 Å². The first kappa shape index (κ1) is 14.8. The Morgan fingerprint density at radius 2 is 2.33 bits per heavy atom. The van der Waals surface area contributed by atoms with E-state index >= 15 is 0 Å². The summed E-state index contributed by atoms with van der Waals surface area (Å²) >= 11 is 0. The quantitative estimate of drug-likeness (QED) is 0.660. The van der Waals surface area contributed by atoms with Crippen molar-refractivity contribution in [1.29, 1.82) is 0 Å². The second-order valence-electron chi connectivity index (χ2n) is 4.42. The van der Waals surface area contributed by atoms with Crippen LogP contribution in [0.1, 0.15) is 11.3 Å². The van der Waals surface area contributed by atoms with E-state index in [0.717, 1.165) is 17.2 Å². The van der Waals surface area contributed by atoms with Crippen LogP contribution in [0.5, 0.6) is 5.88 Å². The molecular weight excluding hydrogens is 270 g/mol. The number of nitrogens with zero attached hydrogens (tertiary/aromatic N) is 4. The van der Waals surface area contributed by atoms with Crippen molar-refractivity contribution in [2.75, 3.05) is 21.2 Å². The van der Waals surface area contributed by atoms with Gasteiger partial charge in [0.25, 0.3) is 0 Å². The molecule has 2 aromatic rings. The lowest BCUT2D eigenvalue weighted by Crippen LogP contribution is -2.38. The summed E-state index contributed by atoms with van der Waals surface area (Å²) in [5.41, 5.74) is 1.82. The van der Waals surface area contributed by atoms with Gasteiger partial charge >= 0.3 is 0 Å². The van der Waals surface area contributed by atoms with E-state index in [0.29, 0.717) is 19.0 Å². The van der Waals surface area contributed by atoms with Gasteiger partial charge in [-0.05, 0) is 6.07 Å². The van der Waals surface area contributed by atoms with E-state index in [-0.39, 0.29) is 0 Å². The average molecular weight is 289 g/mol. The van der Waals surface area contributed by atoms with E-state index in [2.05, 4.69) is 20.4 Å². The molecule has 2 heterocycles. The summed E-state index contributed by atoms with van der Waals surface area (Å²) in [5.74, 6) is 1.36. The number of hydrogen-bond donors (Lipinski definition) is 1. The molecule has 0 aliphatic heterocycles. The summed E-state index contributed by atoms with van der Waals surface area (Å²) in [6.45, 7) is 1.19. The highest BCUT2D eigenvalue weighted by molar-refractivity contribution is 5.79. The lowest BCUT2D eigenvalue weighted by atomic mass is 10.2. The summed E-state index contributed by atoms with van der Waals surface area (Å²) in [6, 6.07) is 5.67. The van der Waals surface area contributed by atoms with Crippen LogP contribution in [0.2, 0.25) is 0 Å². The van der Waals surface area contributed by atoms with E-state index < -0.39 is 0 Å². The lowest BCUT2D eigenvalue weighted by molar-refractivity contribution is 0.387. The molecule has 0 aliphatic carbocycles. The molecule has 0 saturated heterocycles. The minimum atomic E-state index is 0.576. The third kappa shape index (κ3) is 3.95. The summed E-state index contributed by atoms with van der Waals surface area (Å²) in [4.78, 5) is 10.4. The first-order valence-electron chi connectivity index (χ1n) is 6.53. The van der Waals surface area contributed by atoms with Gasteiger partial charge < -0.3 is 19.5 Å². The topological polar surface area (TPSA) is 75.8 Å². The molecule has 1 N–H and O–H groups in total. The van der Waals surface area contributed by atoms with Gasteiger partial charge in [0.1, 0.15) is 12.0 Å². The molecule has 0 bridgehead atoms. The Hall–Kier alpha value is -2.57. The predicted octanol–water partition coefficient (Wildman–Crippen LogP) is 1.29. The van der Waals surface area contributed by atoms with Crippen molar-refractivity contribution in [2.24, 2.45) is 4.99 Å². The molecule has 0 saturated carbocycles. The van der Waals surface area contributed by atoms with Gasteiger partial charge in [-0.1, -0.05) is 11.2 Å². The number of ether oxygens (including phenoxy) is 1. The molecule has 7 nitrogen and oxygen atoms in total. The first-order valence-corrected chi connectivity index (χ1v) is 6.53. The Morgan fingerprint density at radius 3 is 3.00 bits per heavy atom. The second-order valence-corrected chi connectivity index (χ2v) is 4.42. The van der Waals surface area contributed by atoms with Crippen molar-refractivity contribution in [1.82, 2.24) is 20.4 Å². The van der Waals surface area contributed by atoms with Crippen molar-refractivity contribution >= 4 is 5.96 Å². The number of methoxy groups -OCH3 is 1. The Labute approximate surface area is 123 Å². The molecule has 21 heavy (non-hydrogen) atoms. The Morgan fingerprint density at radius 1 is 1.48 bits per heavy atom. The number of aliphatic imine (C=N–C) groups is 1. The fourth-order valence-electron chi connectivity index (χ4n) is 1.94. The fourth-order valence-corrected chi connectivity index (χ4v) is 1.94. The number of guanidine groups is 1. The van der Waals surface area contributed by atoms with E-state index in [1.54, 1.807) is 26.6 Å². The molecule has 2 rings (SSSR count). The van der Waals surface area contributed by atoms with Crippen molar-refractivity contribution in [3.8, 4) is 5.88 Å². The highest BCUT2D eigenvalue weighted by Crippen LogP contribution is 2.13. The zero-order valence-corrected chi connectivity index (χ0v) is 12.4. The van der Waals surface area contributed by atoms with Gasteiger partial charge in [0.05, 0.1) is 13.7 Å². The van der Waals surface area contributed by atoms with E-state index in [4.69, 9.17) is 9.26 Å². The first-order chi connectivity index (χ1) is 10.2. The number of aromatic nitrogens is 2. The number of nitrogens with one attached hydrogen (secondary N) is 1. The molecule has 0 spiro atoms. The van der Waals surface area contributed by atoms with Crippen LogP contribution in [0.3, 0.4) is 0 Å². The summed E-state index contributed by atoms with van der Waals surface area (Å²) < 4.78 is 10.1. The molecule has 0 aliphatic rings. The average Bonchev–Trinajstić information content (AvgIpc) is 3.01. The van der Waals surface area contributed by atoms with E-state index in [9.17, 15) is 0 Å². The third-order valence-corrected chi connectivity index (χ3v) is 2.94. The van der Waals surface area contributed by atoms with Gasteiger partial charge in [-0.3, -0.25) is 4.99 Å². The minimum absolute atomic E-state index is 0.576. The molecule has 0 fully saturated rings.